The molecule has 2 unspecified atom stereocenters. The molecule has 0 aliphatic rings. The second-order valence-electron chi connectivity index (χ2n) is 4.68. The molecule has 0 radical (unpaired) electrons. The van der Waals surface area contributed by atoms with Gasteiger partial charge in [0.05, 0.1) is 12.7 Å². The Morgan fingerprint density at radius 3 is 2.50 bits per heavy atom. The van der Waals surface area contributed by atoms with Gasteiger partial charge in [-0.3, -0.25) is 4.79 Å². The molecule has 0 aromatic rings. The minimum Gasteiger partial charge on any atom is -0.465 e. The predicted octanol–water partition coefficient (Wildman–Crippen LogP) is 2.64. The van der Waals surface area contributed by atoms with Crippen LogP contribution in [-0.4, -0.2) is 31.3 Å². The molecule has 2 atom stereocenters. The standard InChI is InChI=1S/C14H29NO3/c1-4-6-7-8-9-12(3)18-11-10-13(15)14(16)17-5-2/h12-13H,4-11,15H2,1-3H3. The molecule has 0 fully saturated rings. The van der Waals surface area contributed by atoms with Crippen molar-refractivity contribution in [1.82, 2.24) is 0 Å². The van der Waals surface area contributed by atoms with Crippen LogP contribution >= 0.6 is 0 Å². The van der Waals surface area contributed by atoms with Crippen LogP contribution in [0.4, 0.5) is 0 Å². The SMILES string of the molecule is CCCCCCC(C)OCCC(N)C(=O)OCC. The molecular formula is C14H29NO3. The summed E-state index contributed by atoms with van der Waals surface area (Å²) in [5.74, 6) is -0.336. The summed E-state index contributed by atoms with van der Waals surface area (Å²) in [5.41, 5.74) is 5.67. The molecule has 0 aromatic heterocycles. The van der Waals surface area contributed by atoms with Crippen LogP contribution in [0, 0.1) is 0 Å². The van der Waals surface area contributed by atoms with Gasteiger partial charge < -0.3 is 15.2 Å². The van der Waals surface area contributed by atoms with Crippen molar-refractivity contribution in [2.24, 2.45) is 5.73 Å². The van der Waals surface area contributed by atoms with Crippen LogP contribution in [0.15, 0.2) is 0 Å². The Morgan fingerprint density at radius 1 is 1.17 bits per heavy atom. The van der Waals surface area contributed by atoms with E-state index >= 15 is 0 Å². The Morgan fingerprint density at radius 2 is 1.89 bits per heavy atom. The third kappa shape index (κ3) is 9.42. The maximum absolute atomic E-state index is 11.3. The van der Waals surface area contributed by atoms with Gasteiger partial charge in [0.25, 0.3) is 0 Å². The molecule has 18 heavy (non-hydrogen) atoms. The highest BCUT2D eigenvalue weighted by Gasteiger charge is 2.14. The summed E-state index contributed by atoms with van der Waals surface area (Å²) in [4.78, 5) is 11.3. The second-order valence-corrected chi connectivity index (χ2v) is 4.68. The molecule has 0 bridgehead atoms. The molecule has 4 nitrogen and oxygen atoms in total. The first-order valence-corrected chi connectivity index (χ1v) is 7.15. The third-order valence-electron chi connectivity index (χ3n) is 2.88. The predicted molar refractivity (Wildman–Crippen MR) is 73.4 cm³/mol. The van der Waals surface area contributed by atoms with Crippen LogP contribution in [-0.2, 0) is 14.3 Å². The molecule has 2 N–H and O–H groups in total. The highest BCUT2D eigenvalue weighted by Crippen LogP contribution is 2.08. The van der Waals surface area contributed by atoms with Crippen molar-refractivity contribution in [2.75, 3.05) is 13.2 Å². The zero-order chi connectivity index (χ0) is 13.8. The number of nitrogens with two attached hydrogens (primary N) is 1. The fourth-order valence-corrected chi connectivity index (χ4v) is 1.71. The Balaban J connectivity index is 3.49. The number of rotatable bonds is 11. The van der Waals surface area contributed by atoms with Crippen LogP contribution < -0.4 is 5.73 Å². The zero-order valence-electron chi connectivity index (χ0n) is 12.1. The molecule has 0 aliphatic heterocycles. The van der Waals surface area contributed by atoms with Crippen molar-refractivity contribution in [1.29, 1.82) is 0 Å². The molecule has 108 valence electrons. The van der Waals surface area contributed by atoms with Crippen LogP contribution in [0.3, 0.4) is 0 Å². The molecular weight excluding hydrogens is 230 g/mol. The summed E-state index contributed by atoms with van der Waals surface area (Å²) in [6, 6.07) is -0.558. The van der Waals surface area contributed by atoms with E-state index in [1.807, 2.05) is 0 Å². The summed E-state index contributed by atoms with van der Waals surface area (Å²) >= 11 is 0. The van der Waals surface area contributed by atoms with Gasteiger partial charge in [0.1, 0.15) is 6.04 Å². The maximum atomic E-state index is 11.3. The summed E-state index contributed by atoms with van der Waals surface area (Å²) in [6.45, 7) is 6.95. The fourth-order valence-electron chi connectivity index (χ4n) is 1.71. The smallest absolute Gasteiger partial charge is 0.322 e. The lowest BCUT2D eigenvalue weighted by Crippen LogP contribution is -2.33. The molecule has 0 saturated heterocycles. The third-order valence-corrected chi connectivity index (χ3v) is 2.88. The normalized spacial score (nSPS) is 14.2. The summed E-state index contributed by atoms with van der Waals surface area (Å²) in [7, 11) is 0. The summed E-state index contributed by atoms with van der Waals surface area (Å²) in [5, 5.41) is 0. The molecule has 0 amide bonds. The van der Waals surface area contributed by atoms with Crippen molar-refractivity contribution in [3.63, 3.8) is 0 Å². The lowest BCUT2D eigenvalue weighted by atomic mass is 10.1. The molecule has 0 heterocycles. The highest BCUT2D eigenvalue weighted by molar-refractivity contribution is 5.75. The van der Waals surface area contributed by atoms with Crippen LogP contribution in [0.2, 0.25) is 0 Å². The topological polar surface area (TPSA) is 61.5 Å². The van der Waals surface area contributed by atoms with Crippen LogP contribution in [0.5, 0.6) is 0 Å². The number of hydrogen-bond acceptors (Lipinski definition) is 4. The van der Waals surface area contributed by atoms with Gasteiger partial charge in [-0.05, 0) is 26.7 Å². The molecule has 0 rings (SSSR count). The molecule has 0 spiro atoms. The van der Waals surface area contributed by atoms with E-state index in [-0.39, 0.29) is 12.1 Å². The lowest BCUT2D eigenvalue weighted by molar-refractivity contribution is -0.145. The number of carbonyl (C=O) groups excluding carboxylic acids is 1. The van der Waals surface area contributed by atoms with Crippen molar-refractivity contribution in [3.05, 3.63) is 0 Å². The Kier molecular flexibility index (Phi) is 11.1. The Labute approximate surface area is 111 Å². The maximum Gasteiger partial charge on any atom is 0.322 e. The van der Waals surface area contributed by atoms with Gasteiger partial charge in [0, 0.05) is 6.61 Å². The van der Waals surface area contributed by atoms with Crippen molar-refractivity contribution >= 4 is 5.97 Å². The number of unbranched alkanes of at least 4 members (excludes halogenated alkanes) is 3. The van der Waals surface area contributed by atoms with Crippen LogP contribution in [0.25, 0.3) is 0 Å². The summed E-state index contributed by atoms with van der Waals surface area (Å²) < 4.78 is 10.5. The van der Waals surface area contributed by atoms with E-state index in [9.17, 15) is 4.79 Å². The van der Waals surface area contributed by atoms with E-state index in [4.69, 9.17) is 15.2 Å². The fraction of sp³-hybridized carbons (Fsp3) is 0.929. The van der Waals surface area contributed by atoms with E-state index in [0.717, 1.165) is 6.42 Å². The average molecular weight is 259 g/mol. The van der Waals surface area contributed by atoms with Gasteiger partial charge in [0.2, 0.25) is 0 Å². The average Bonchev–Trinajstić information content (AvgIpc) is 2.35. The minimum atomic E-state index is -0.558. The number of esters is 1. The highest BCUT2D eigenvalue weighted by atomic mass is 16.5. The Bertz CT molecular complexity index is 209. The number of carbonyl (C=O) groups is 1. The molecule has 4 heteroatoms. The lowest BCUT2D eigenvalue weighted by Gasteiger charge is -2.15. The van der Waals surface area contributed by atoms with Gasteiger partial charge in [-0.25, -0.2) is 0 Å². The van der Waals surface area contributed by atoms with E-state index in [0.29, 0.717) is 19.6 Å². The van der Waals surface area contributed by atoms with Gasteiger partial charge in [-0.15, -0.1) is 0 Å². The zero-order valence-corrected chi connectivity index (χ0v) is 12.1. The monoisotopic (exact) mass is 259 g/mol. The van der Waals surface area contributed by atoms with Crippen molar-refractivity contribution < 1.29 is 14.3 Å². The van der Waals surface area contributed by atoms with Gasteiger partial charge in [-0.1, -0.05) is 32.6 Å². The second kappa shape index (κ2) is 11.5. The van der Waals surface area contributed by atoms with E-state index < -0.39 is 6.04 Å². The van der Waals surface area contributed by atoms with E-state index in [1.165, 1.54) is 25.7 Å². The molecule has 0 aliphatic carbocycles. The van der Waals surface area contributed by atoms with Crippen molar-refractivity contribution in [2.45, 2.75) is 71.4 Å². The number of hydrogen-bond donors (Lipinski definition) is 1. The minimum absolute atomic E-state index is 0.247. The Hall–Kier alpha value is -0.610. The molecule has 0 saturated carbocycles. The van der Waals surface area contributed by atoms with E-state index in [2.05, 4.69) is 13.8 Å². The van der Waals surface area contributed by atoms with Crippen molar-refractivity contribution in [3.8, 4) is 0 Å². The first-order chi connectivity index (χ1) is 8.61. The van der Waals surface area contributed by atoms with Gasteiger partial charge in [-0.2, -0.15) is 0 Å². The quantitative estimate of drug-likeness (QED) is 0.458. The summed E-state index contributed by atoms with van der Waals surface area (Å²) in [6.07, 6.45) is 6.87. The molecule has 0 aromatic carbocycles. The van der Waals surface area contributed by atoms with Gasteiger partial charge >= 0.3 is 5.97 Å². The largest absolute Gasteiger partial charge is 0.465 e. The van der Waals surface area contributed by atoms with Crippen LogP contribution in [0.1, 0.15) is 59.3 Å². The van der Waals surface area contributed by atoms with E-state index in [1.54, 1.807) is 6.92 Å². The number of ether oxygens (including phenoxy) is 2. The van der Waals surface area contributed by atoms with Gasteiger partial charge in [0.15, 0.2) is 0 Å². The first-order valence-electron chi connectivity index (χ1n) is 7.15. The first kappa shape index (κ1) is 17.4.